The molecule has 1 atom stereocenters. The van der Waals surface area contributed by atoms with Crippen molar-refractivity contribution < 1.29 is 5.11 Å². The van der Waals surface area contributed by atoms with Gasteiger partial charge in [-0.2, -0.15) is 0 Å². The Morgan fingerprint density at radius 3 is 2.32 bits per heavy atom. The molecule has 1 N–H and O–H groups in total. The normalized spacial score (nSPS) is 12.2. The molecule has 0 aliphatic rings. The molecule has 0 spiro atoms. The van der Waals surface area contributed by atoms with Gasteiger partial charge in [-0.15, -0.1) is 0 Å². The standard InChI is InChI=1S/C16H18BrNO/c1-13(19)11-18(15-8-3-2-4-9-15)12-14-7-5-6-10-16(14)17/h2-10,13,19H,11-12H2,1H3. The van der Waals surface area contributed by atoms with Gasteiger partial charge in [0.15, 0.2) is 0 Å². The van der Waals surface area contributed by atoms with Crippen LogP contribution >= 0.6 is 15.9 Å². The molecule has 0 aliphatic heterocycles. The summed E-state index contributed by atoms with van der Waals surface area (Å²) in [5, 5.41) is 9.68. The minimum atomic E-state index is -0.359. The second-order valence-corrected chi connectivity index (χ2v) is 5.51. The number of aliphatic hydroxyl groups excluding tert-OH is 1. The number of nitrogens with zero attached hydrogens (tertiary/aromatic N) is 1. The number of anilines is 1. The Hall–Kier alpha value is -1.32. The summed E-state index contributed by atoms with van der Waals surface area (Å²) in [5.74, 6) is 0. The zero-order valence-electron chi connectivity index (χ0n) is 11.0. The fraction of sp³-hybridized carbons (Fsp3) is 0.250. The molecule has 100 valence electrons. The first-order chi connectivity index (χ1) is 9.16. The number of para-hydroxylation sites is 1. The van der Waals surface area contributed by atoms with Crippen molar-refractivity contribution in [3.63, 3.8) is 0 Å². The summed E-state index contributed by atoms with van der Waals surface area (Å²) in [6.45, 7) is 3.21. The highest BCUT2D eigenvalue weighted by atomic mass is 79.9. The summed E-state index contributed by atoms with van der Waals surface area (Å²) in [5.41, 5.74) is 2.34. The number of hydrogen-bond acceptors (Lipinski definition) is 2. The maximum Gasteiger partial charge on any atom is 0.0687 e. The molecule has 2 aromatic carbocycles. The molecule has 0 saturated carbocycles. The summed E-state index contributed by atoms with van der Waals surface area (Å²) in [7, 11) is 0. The van der Waals surface area contributed by atoms with Gasteiger partial charge >= 0.3 is 0 Å². The Morgan fingerprint density at radius 2 is 1.68 bits per heavy atom. The lowest BCUT2D eigenvalue weighted by Gasteiger charge is -2.26. The predicted molar refractivity (Wildman–Crippen MR) is 83.3 cm³/mol. The fourth-order valence-electron chi connectivity index (χ4n) is 2.05. The van der Waals surface area contributed by atoms with Crippen molar-refractivity contribution in [1.82, 2.24) is 0 Å². The van der Waals surface area contributed by atoms with E-state index in [9.17, 15) is 5.11 Å². The van der Waals surface area contributed by atoms with E-state index in [4.69, 9.17) is 0 Å². The van der Waals surface area contributed by atoms with E-state index in [1.54, 1.807) is 0 Å². The summed E-state index contributed by atoms with van der Waals surface area (Å²) < 4.78 is 1.10. The van der Waals surface area contributed by atoms with Gasteiger partial charge < -0.3 is 10.0 Å². The van der Waals surface area contributed by atoms with Crippen molar-refractivity contribution >= 4 is 21.6 Å². The van der Waals surface area contributed by atoms with Gasteiger partial charge in [0, 0.05) is 23.2 Å². The van der Waals surface area contributed by atoms with Crippen LogP contribution in [0.5, 0.6) is 0 Å². The van der Waals surface area contributed by atoms with E-state index in [0.29, 0.717) is 6.54 Å². The van der Waals surface area contributed by atoms with Gasteiger partial charge in [-0.3, -0.25) is 0 Å². The van der Waals surface area contributed by atoms with Crippen LogP contribution in [0.2, 0.25) is 0 Å². The van der Waals surface area contributed by atoms with Crippen LogP contribution in [-0.2, 0) is 6.54 Å². The van der Waals surface area contributed by atoms with Gasteiger partial charge in [-0.05, 0) is 30.7 Å². The highest BCUT2D eigenvalue weighted by Gasteiger charge is 2.11. The Labute approximate surface area is 122 Å². The third kappa shape index (κ3) is 4.08. The molecule has 0 amide bonds. The Balaban J connectivity index is 2.22. The zero-order chi connectivity index (χ0) is 13.7. The zero-order valence-corrected chi connectivity index (χ0v) is 12.5. The van der Waals surface area contributed by atoms with E-state index in [1.165, 1.54) is 5.56 Å². The maximum absolute atomic E-state index is 9.68. The quantitative estimate of drug-likeness (QED) is 0.905. The van der Waals surface area contributed by atoms with Gasteiger partial charge in [-0.1, -0.05) is 52.3 Å². The van der Waals surface area contributed by atoms with Gasteiger partial charge in [0.1, 0.15) is 0 Å². The van der Waals surface area contributed by atoms with Crippen LogP contribution in [0.1, 0.15) is 12.5 Å². The maximum atomic E-state index is 9.68. The summed E-state index contributed by atoms with van der Waals surface area (Å²) in [6, 6.07) is 18.4. The monoisotopic (exact) mass is 319 g/mol. The first kappa shape index (κ1) is 14.1. The molecule has 0 radical (unpaired) electrons. The van der Waals surface area contributed by atoms with Crippen molar-refractivity contribution in [2.75, 3.05) is 11.4 Å². The van der Waals surface area contributed by atoms with Crippen LogP contribution in [-0.4, -0.2) is 17.8 Å². The topological polar surface area (TPSA) is 23.5 Å². The van der Waals surface area contributed by atoms with E-state index in [0.717, 1.165) is 16.7 Å². The Bertz CT molecular complexity index is 513. The summed E-state index contributed by atoms with van der Waals surface area (Å²) in [4.78, 5) is 2.19. The second-order valence-electron chi connectivity index (χ2n) is 4.66. The number of aliphatic hydroxyl groups is 1. The lowest BCUT2D eigenvalue weighted by Crippen LogP contribution is -2.30. The van der Waals surface area contributed by atoms with Crippen LogP contribution in [0, 0.1) is 0 Å². The van der Waals surface area contributed by atoms with Gasteiger partial charge in [0.2, 0.25) is 0 Å². The average Bonchev–Trinajstić information content (AvgIpc) is 2.41. The molecule has 0 aliphatic carbocycles. The number of benzene rings is 2. The van der Waals surface area contributed by atoms with Crippen LogP contribution in [0.15, 0.2) is 59.1 Å². The van der Waals surface area contributed by atoms with Crippen LogP contribution in [0.25, 0.3) is 0 Å². The van der Waals surface area contributed by atoms with Gasteiger partial charge in [0.25, 0.3) is 0 Å². The lowest BCUT2D eigenvalue weighted by molar-refractivity contribution is 0.199. The number of halogens is 1. The molecule has 2 aromatic rings. The fourth-order valence-corrected chi connectivity index (χ4v) is 2.46. The summed E-state index contributed by atoms with van der Waals surface area (Å²) in [6.07, 6.45) is -0.359. The van der Waals surface area contributed by atoms with Crippen molar-refractivity contribution in [3.05, 3.63) is 64.6 Å². The van der Waals surface area contributed by atoms with Crippen molar-refractivity contribution in [3.8, 4) is 0 Å². The van der Waals surface area contributed by atoms with Crippen LogP contribution in [0.4, 0.5) is 5.69 Å². The Kier molecular flexibility index (Phi) is 5.00. The molecule has 2 nitrogen and oxygen atoms in total. The van der Waals surface area contributed by atoms with E-state index in [2.05, 4.69) is 39.0 Å². The molecule has 0 saturated heterocycles. The SMILES string of the molecule is CC(O)CN(Cc1ccccc1Br)c1ccccc1. The van der Waals surface area contributed by atoms with Crippen molar-refractivity contribution in [2.24, 2.45) is 0 Å². The highest BCUT2D eigenvalue weighted by Crippen LogP contribution is 2.22. The number of hydrogen-bond donors (Lipinski definition) is 1. The van der Waals surface area contributed by atoms with E-state index < -0.39 is 0 Å². The molecular weight excluding hydrogens is 302 g/mol. The molecule has 3 heteroatoms. The first-order valence-electron chi connectivity index (χ1n) is 6.38. The molecule has 0 aromatic heterocycles. The van der Waals surface area contributed by atoms with E-state index in [1.807, 2.05) is 43.3 Å². The molecule has 0 fully saturated rings. The third-order valence-electron chi connectivity index (χ3n) is 2.92. The second kappa shape index (κ2) is 6.73. The van der Waals surface area contributed by atoms with E-state index >= 15 is 0 Å². The predicted octanol–water partition coefficient (Wildman–Crippen LogP) is 3.84. The molecular formula is C16H18BrNO. The third-order valence-corrected chi connectivity index (χ3v) is 3.70. The van der Waals surface area contributed by atoms with Crippen LogP contribution < -0.4 is 4.90 Å². The van der Waals surface area contributed by atoms with Crippen LogP contribution in [0.3, 0.4) is 0 Å². The minimum absolute atomic E-state index is 0.359. The van der Waals surface area contributed by atoms with Crippen molar-refractivity contribution in [2.45, 2.75) is 19.6 Å². The molecule has 19 heavy (non-hydrogen) atoms. The largest absolute Gasteiger partial charge is 0.392 e. The molecule has 0 bridgehead atoms. The lowest BCUT2D eigenvalue weighted by atomic mass is 10.2. The first-order valence-corrected chi connectivity index (χ1v) is 7.17. The van der Waals surface area contributed by atoms with Gasteiger partial charge in [0.05, 0.1) is 6.10 Å². The molecule has 0 heterocycles. The van der Waals surface area contributed by atoms with Gasteiger partial charge in [-0.25, -0.2) is 0 Å². The number of rotatable bonds is 5. The Morgan fingerprint density at radius 1 is 1.05 bits per heavy atom. The van der Waals surface area contributed by atoms with E-state index in [-0.39, 0.29) is 6.10 Å². The average molecular weight is 320 g/mol. The molecule has 1 unspecified atom stereocenters. The smallest absolute Gasteiger partial charge is 0.0687 e. The minimum Gasteiger partial charge on any atom is -0.392 e. The summed E-state index contributed by atoms with van der Waals surface area (Å²) >= 11 is 3.57. The highest BCUT2D eigenvalue weighted by molar-refractivity contribution is 9.10. The molecule has 2 rings (SSSR count). The van der Waals surface area contributed by atoms with Crippen molar-refractivity contribution in [1.29, 1.82) is 0 Å².